The van der Waals surface area contributed by atoms with Gasteiger partial charge in [0.15, 0.2) is 5.17 Å². The Bertz CT molecular complexity index is 655. The zero-order valence-corrected chi connectivity index (χ0v) is 13.5. The van der Waals surface area contributed by atoms with Gasteiger partial charge in [0.05, 0.1) is 5.69 Å². The van der Waals surface area contributed by atoms with E-state index in [1.807, 2.05) is 43.0 Å². The number of rotatable bonds is 3. The molecule has 0 aliphatic carbocycles. The van der Waals surface area contributed by atoms with Crippen LogP contribution in [-0.2, 0) is 6.54 Å². The number of benzene rings is 2. The maximum Gasteiger partial charge on any atom is 0.164 e. The first-order valence-electron chi connectivity index (χ1n) is 6.99. The van der Waals surface area contributed by atoms with Crippen LogP contribution in [0.2, 0.25) is 5.02 Å². The first-order valence-corrected chi connectivity index (χ1v) is 8.36. The van der Waals surface area contributed by atoms with E-state index in [0.29, 0.717) is 0 Å². The van der Waals surface area contributed by atoms with Gasteiger partial charge < -0.3 is 4.90 Å². The van der Waals surface area contributed by atoms with Gasteiger partial charge in [0, 0.05) is 23.9 Å². The molecule has 0 amide bonds. The Morgan fingerprint density at radius 2 is 1.95 bits per heavy atom. The Morgan fingerprint density at radius 3 is 2.76 bits per heavy atom. The summed E-state index contributed by atoms with van der Waals surface area (Å²) >= 11 is 7.99. The van der Waals surface area contributed by atoms with Crippen LogP contribution in [0, 0.1) is 6.92 Å². The van der Waals surface area contributed by atoms with Crippen molar-refractivity contribution in [2.75, 3.05) is 12.3 Å². The topological polar surface area (TPSA) is 15.6 Å². The van der Waals surface area contributed by atoms with Crippen molar-refractivity contribution in [3.63, 3.8) is 0 Å². The van der Waals surface area contributed by atoms with E-state index in [-0.39, 0.29) is 0 Å². The number of amidine groups is 1. The molecule has 0 atom stereocenters. The minimum Gasteiger partial charge on any atom is -0.346 e. The van der Waals surface area contributed by atoms with Crippen LogP contribution in [0.5, 0.6) is 0 Å². The van der Waals surface area contributed by atoms with Crippen LogP contribution in [0.3, 0.4) is 0 Å². The molecule has 1 fully saturated rings. The first kappa shape index (κ1) is 14.5. The molecule has 1 aliphatic heterocycles. The minimum absolute atomic E-state index is 0.773. The summed E-state index contributed by atoms with van der Waals surface area (Å²) in [5, 5.41) is 1.86. The molecule has 2 aromatic carbocycles. The van der Waals surface area contributed by atoms with Crippen molar-refractivity contribution in [1.82, 2.24) is 4.90 Å². The van der Waals surface area contributed by atoms with Crippen molar-refractivity contribution in [2.24, 2.45) is 4.99 Å². The summed E-state index contributed by atoms with van der Waals surface area (Å²) in [5.74, 6) is 1.09. The maximum atomic E-state index is 6.18. The lowest BCUT2D eigenvalue weighted by Crippen LogP contribution is -2.23. The van der Waals surface area contributed by atoms with Gasteiger partial charge in [-0.25, -0.2) is 4.99 Å². The Morgan fingerprint density at radius 1 is 1.14 bits per heavy atom. The summed E-state index contributed by atoms with van der Waals surface area (Å²) in [6.07, 6.45) is 0. The molecule has 1 heterocycles. The van der Waals surface area contributed by atoms with Crippen molar-refractivity contribution >= 4 is 34.2 Å². The molecule has 2 nitrogen and oxygen atoms in total. The van der Waals surface area contributed by atoms with Crippen LogP contribution in [-0.4, -0.2) is 22.4 Å². The van der Waals surface area contributed by atoms with Gasteiger partial charge in [0.2, 0.25) is 0 Å². The van der Waals surface area contributed by atoms with Crippen molar-refractivity contribution in [2.45, 2.75) is 13.5 Å². The normalized spacial score (nSPS) is 16.7. The summed E-state index contributed by atoms with van der Waals surface area (Å²) in [6, 6.07) is 16.4. The number of hydrogen-bond donors (Lipinski definition) is 0. The van der Waals surface area contributed by atoms with E-state index in [9.17, 15) is 0 Å². The number of thioether (sulfide) groups is 1. The minimum atomic E-state index is 0.773. The quantitative estimate of drug-likeness (QED) is 0.801. The van der Waals surface area contributed by atoms with Gasteiger partial charge in [-0.05, 0) is 30.2 Å². The number of nitrogens with zero attached hydrogens (tertiary/aromatic N) is 2. The van der Waals surface area contributed by atoms with Crippen molar-refractivity contribution in [3.05, 3.63) is 64.7 Å². The van der Waals surface area contributed by atoms with E-state index in [2.05, 4.69) is 29.2 Å². The molecule has 3 rings (SSSR count). The van der Waals surface area contributed by atoms with Crippen LogP contribution in [0.4, 0.5) is 5.69 Å². The largest absolute Gasteiger partial charge is 0.346 e. The Kier molecular flexibility index (Phi) is 4.51. The molecule has 21 heavy (non-hydrogen) atoms. The summed E-state index contributed by atoms with van der Waals surface area (Å²) in [5.41, 5.74) is 3.32. The zero-order chi connectivity index (χ0) is 14.7. The van der Waals surface area contributed by atoms with Crippen molar-refractivity contribution in [3.8, 4) is 0 Å². The average Bonchev–Trinajstić information content (AvgIpc) is 2.92. The number of aliphatic imine (C=N–C) groups is 1. The second-order valence-electron chi connectivity index (χ2n) is 5.03. The lowest BCUT2D eigenvalue weighted by molar-refractivity contribution is 0.457. The number of hydrogen-bond acceptors (Lipinski definition) is 2. The second-order valence-corrected chi connectivity index (χ2v) is 6.50. The molecule has 0 saturated carbocycles. The molecule has 0 radical (unpaired) electrons. The molecule has 0 N–H and O–H groups in total. The number of halogens is 1. The molecule has 108 valence electrons. The van der Waals surface area contributed by atoms with Gasteiger partial charge in [-0.1, -0.05) is 59.8 Å². The highest BCUT2D eigenvalue weighted by Gasteiger charge is 2.20. The third-order valence-electron chi connectivity index (χ3n) is 3.53. The third kappa shape index (κ3) is 3.42. The highest BCUT2D eigenvalue weighted by Crippen LogP contribution is 2.29. The SMILES string of the molecule is Cc1c(Cl)cccc1/N=C1\SCCN1Cc1ccccc1. The Balaban J connectivity index is 1.83. The average molecular weight is 317 g/mol. The third-order valence-corrected chi connectivity index (χ3v) is 4.94. The molecule has 1 aliphatic rings. The molecule has 1 saturated heterocycles. The first-order chi connectivity index (χ1) is 10.2. The lowest BCUT2D eigenvalue weighted by Gasteiger charge is -2.18. The Labute approximate surface area is 134 Å². The van der Waals surface area contributed by atoms with E-state index < -0.39 is 0 Å². The summed E-state index contributed by atoms with van der Waals surface area (Å²) < 4.78 is 0. The van der Waals surface area contributed by atoms with Gasteiger partial charge in [-0.3, -0.25) is 0 Å². The van der Waals surface area contributed by atoms with Gasteiger partial charge >= 0.3 is 0 Å². The smallest absolute Gasteiger partial charge is 0.164 e. The molecular weight excluding hydrogens is 300 g/mol. The monoisotopic (exact) mass is 316 g/mol. The van der Waals surface area contributed by atoms with Gasteiger partial charge in [0.25, 0.3) is 0 Å². The summed E-state index contributed by atoms with van der Waals surface area (Å²) in [6.45, 7) is 3.97. The molecule has 0 spiro atoms. The molecule has 0 aromatic heterocycles. The van der Waals surface area contributed by atoms with Crippen molar-refractivity contribution in [1.29, 1.82) is 0 Å². The maximum absolute atomic E-state index is 6.18. The zero-order valence-electron chi connectivity index (χ0n) is 11.9. The molecule has 2 aromatic rings. The summed E-state index contributed by atoms with van der Waals surface area (Å²) in [7, 11) is 0. The lowest BCUT2D eigenvalue weighted by atomic mass is 10.2. The highest BCUT2D eigenvalue weighted by atomic mass is 35.5. The molecular formula is C17H17ClN2S. The van der Waals surface area contributed by atoms with Crippen LogP contribution in [0.15, 0.2) is 53.5 Å². The second kappa shape index (κ2) is 6.54. The fraction of sp³-hybridized carbons (Fsp3) is 0.235. The van der Waals surface area contributed by atoms with Crippen LogP contribution < -0.4 is 0 Å². The highest BCUT2D eigenvalue weighted by molar-refractivity contribution is 8.14. The van der Waals surface area contributed by atoms with E-state index in [0.717, 1.165) is 40.3 Å². The van der Waals surface area contributed by atoms with E-state index in [4.69, 9.17) is 16.6 Å². The van der Waals surface area contributed by atoms with Crippen LogP contribution in [0.25, 0.3) is 0 Å². The predicted octanol–water partition coefficient (Wildman–Crippen LogP) is 4.88. The van der Waals surface area contributed by atoms with Gasteiger partial charge in [0.1, 0.15) is 0 Å². The van der Waals surface area contributed by atoms with Gasteiger partial charge in [-0.2, -0.15) is 0 Å². The van der Waals surface area contributed by atoms with Gasteiger partial charge in [-0.15, -0.1) is 0 Å². The van der Waals surface area contributed by atoms with E-state index in [1.54, 1.807) is 0 Å². The predicted molar refractivity (Wildman–Crippen MR) is 92.6 cm³/mol. The fourth-order valence-corrected chi connectivity index (χ4v) is 3.47. The van der Waals surface area contributed by atoms with Crippen LogP contribution in [0.1, 0.15) is 11.1 Å². The summed E-state index contributed by atoms with van der Waals surface area (Å²) in [4.78, 5) is 7.15. The van der Waals surface area contributed by atoms with E-state index >= 15 is 0 Å². The molecule has 4 heteroatoms. The van der Waals surface area contributed by atoms with E-state index in [1.165, 1.54) is 5.56 Å². The van der Waals surface area contributed by atoms with Crippen molar-refractivity contribution < 1.29 is 0 Å². The Hall–Kier alpha value is -1.45. The molecule has 0 bridgehead atoms. The fourth-order valence-electron chi connectivity index (χ4n) is 2.31. The standard InChI is InChI=1S/C17H17ClN2S/c1-13-15(18)8-5-9-16(13)19-17-20(10-11-21-17)12-14-6-3-2-4-7-14/h2-9H,10-12H2,1H3/b19-17-. The van der Waals surface area contributed by atoms with Crippen LogP contribution >= 0.6 is 23.4 Å². The molecule has 0 unspecified atom stereocenters.